The first kappa shape index (κ1) is 31.5. The third-order valence-electron chi connectivity index (χ3n) is 9.25. The second-order valence-corrected chi connectivity index (χ2v) is 12.6. The minimum atomic E-state index is 0.608. The quantitative estimate of drug-likeness (QED) is 0.144. The van der Waals surface area contributed by atoms with Gasteiger partial charge >= 0.3 is 0 Å². The lowest BCUT2D eigenvalue weighted by atomic mass is 9.84. The van der Waals surface area contributed by atoms with E-state index < -0.39 is 0 Å². The maximum atomic E-state index is 4.10. The zero-order valence-electron chi connectivity index (χ0n) is 27.4. The molecule has 2 aliphatic rings. The van der Waals surface area contributed by atoms with Crippen LogP contribution in [0.15, 0.2) is 110 Å². The van der Waals surface area contributed by atoms with Gasteiger partial charge in [0, 0.05) is 11.1 Å². The zero-order chi connectivity index (χ0) is 30.9. The van der Waals surface area contributed by atoms with Crippen LogP contribution in [-0.2, 0) is 7.05 Å². The van der Waals surface area contributed by atoms with Crippen molar-refractivity contribution in [3.63, 3.8) is 0 Å². The highest BCUT2D eigenvalue weighted by molar-refractivity contribution is 5.78. The Hall–Kier alpha value is -3.91. The Labute approximate surface area is 266 Å². The second-order valence-electron chi connectivity index (χ2n) is 12.6. The smallest absolute Gasteiger partial charge is 0.232 e. The van der Waals surface area contributed by atoms with Gasteiger partial charge in [0.1, 0.15) is 18.1 Å². The lowest BCUT2D eigenvalue weighted by molar-refractivity contribution is -0.659. The van der Waals surface area contributed by atoms with Crippen molar-refractivity contribution < 1.29 is 4.57 Å². The van der Waals surface area contributed by atoms with Crippen molar-refractivity contribution in [2.45, 2.75) is 90.4 Å². The van der Waals surface area contributed by atoms with E-state index in [9.17, 15) is 0 Å². The van der Waals surface area contributed by atoms with Crippen LogP contribution >= 0.6 is 0 Å². The van der Waals surface area contributed by atoms with Crippen molar-refractivity contribution >= 4 is 5.57 Å². The molecule has 3 aromatic carbocycles. The van der Waals surface area contributed by atoms with Gasteiger partial charge in [0.15, 0.2) is 0 Å². The molecule has 0 atom stereocenters. The van der Waals surface area contributed by atoms with E-state index in [4.69, 9.17) is 0 Å². The number of rotatable bonds is 8. The van der Waals surface area contributed by atoms with Gasteiger partial charge < -0.3 is 0 Å². The lowest BCUT2D eigenvalue weighted by Crippen LogP contribution is -2.29. The lowest BCUT2D eigenvalue weighted by Gasteiger charge is -2.23. The Bertz CT molecular complexity index is 1550. The Morgan fingerprint density at radius 1 is 0.818 bits per heavy atom. The molecule has 0 N–H and O–H groups in total. The summed E-state index contributed by atoms with van der Waals surface area (Å²) in [6.45, 7) is 10.4. The summed E-state index contributed by atoms with van der Waals surface area (Å²) in [5.41, 5.74) is 10.8. The highest BCUT2D eigenvalue weighted by atomic mass is 15.1. The van der Waals surface area contributed by atoms with Crippen molar-refractivity contribution in [3.05, 3.63) is 127 Å². The van der Waals surface area contributed by atoms with Crippen molar-refractivity contribution in [1.29, 1.82) is 0 Å². The minimum absolute atomic E-state index is 0.608. The molecule has 0 aliphatic heterocycles. The van der Waals surface area contributed by atoms with Crippen LogP contribution in [0.25, 0.3) is 33.8 Å². The molecule has 2 fully saturated rings. The van der Waals surface area contributed by atoms with Gasteiger partial charge in [0.2, 0.25) is 0 Å². The third kappa shape index (κ3) is 6.91. The maximum Gasteiger partial charge on any atom is 0.293 e. The van der Waals surface area contributed by atoms with E-state index in [1.807, 2.05) is 13.0 Å². The van der Waals surface area contributed by atoms with Crippen LogP contribution in [0, 0.1) is 0 Å². The van der Waals surface area contributed by atoms with Gasteiger partial charge in [-0.15, -0.1) is 0 Å². The molecule has 0 saturated heterocycles. The second kappa shape index (κ2) is 15.2. The first-order valence-corrected chi connectivity index (χ1v) is 17.0. The van der Waals surface area contributed by atoms with Crippen LogP contribution in [-0.4, -0.2) is 4.57 Å². The summed E-state index contributed by atoms with van der Waals surface area (Å²) in [7, 11) is 2.19. The van der Waals surface area contributed by atoms with E-state index in [0.29, 0.717) is 11.8 Å². The Balaban J connectivity index is 0.00000123. The number of nitrogens with zero attached hydrogens (tertiary/aromatic N) is 2. The first-order valence-electron chi connectivity index (χ1n) is 17.0. The zero-order valence-corrected chi connectivity index (χ0v) is 27.4. The molecule has 0 bridgehead atoms. The summed E-state index contributed by atoms with van der Waals surface area (Å²) in [6.07, 6.45) is 24.5. The van der Waals surface area contributed by atoms with Crippen LogP contribution in [0.4, 0.5) is 0 Å². The summed E-state index contributed by atoms with van der Waals surface area (Å²) in [4.78, 5) is 0. The largest absolute Gasteiger partial charge is 0.293 e. The average Bonchev–Trinajstić information content (AvgIpc) is 3.85. The molecule has 4 aromatic rings. The number of imidazole rings is 1. The molecule has 6 rings (SSSR count). The molecule has 2 saturated carbocycles. The van der Waals surface area contributed by atoms with Gasteiger partial charge in [-0.3, -0.25) is 0 Å². The molecule has 0 radical (unpaired) electrons. The molecule has 44 heavy (non-hydrogen) atoms. The summed E-state index contributed by atoms with van der Waals surface area (Å²) in [5.74, 6) is 2.45. The van der Waals surface area contributed by atoms with Crippen molar-refractivity contribution in [3.8, 4) is 28.2 Å². The highest BCUT2D eigenvalue weighted by Crippen LogP contribution is 2.46. The molecule has 2 nitrogen and oxygen atoms in total. The van der Waals surface area contributed by atoms with Gasteiger partial charge in [-0.1, -0.05) is 119 Å². The molecule has 1 aromatic heterocycles. The standard InChI is InChI=1S/C39H43N2.C3H8/c1-4-6-15-29(5-2)33-22-14-23-34(26-33)39-40(3)24-25-41(39)38-36(31-18-10-11-19-31)27-35(30-16-8-7-9-17-30)28-37(38)32-20-12-13-21-32;1-3-2/h4-9,14-17,22-28,31-32H,2,10-13,18-21H2,1,3H3;3H2,1-2H3/q+1;/b6-4-,29-15+;. The molecule has 228 valence electrons. The van der Waals surface area contributed by atoms with E-state index in [1.54, 1.807) is 11.1 Å². The Morgan fingerprint density at radius 3 is 1.98 bits per heavy atom. The van der Waals surface area contributed by atoms with E-state index >= 15 is 0 Å². The molecule has 2 aliphatic carbocycles. The number of hydrogen-bond donors (Lipinski definition) is 0. The first-order chi connectivity index (χ1) is 21.6. The monoisotopic (exact) mass is 583 g/mol. The van der Waals surface area contributed by atoms with Crippen LogP contribution in [0.1, 0.15) is 107 Å². The van der Waals surface area contributed by atoms with E-state index in [-0.39, 0.29) is 0 Å². The number of aryl methyl sites for hydroxylation is 1. The highest BCUT2D eigenvalue weighted by Gasteiger charge is 2.32. The van der Waals surface area contributed by atoms with Crippen LogP contribution in [0.5, 0.6) is 0 Å². The predicted octanol–water partition coefficient (Wildman–Crippen LogP) is 11.5. The van der Waals surface area contributed by atoms with Gasteiger partial charge in [0.25, 0.3) is 5.82 Å². The molecule has 1 heterocycles. The molecule has 0 amide bonds. The van der Waals surface area contributed by atoms with E-state index in [2.05, 4.69) is 134 Å². The normalized spacial score (nSPS) is 16.0. The maximum absolute atomic E-state index is 4.10. The Morgan fingerprint density at radius 2 is 1.41 bits per heavy atom. The SMILES string of the molecule is C=C/C(=C\C=C/C)c1cccc(-c2n(-c3c(C4CCCC4)cc(-c4ccccc4)cc3C3CCCC3)cc[n+]2C)c1.CCC. The van der Waals surface area contributed by atoms with Gasteiger partial charge in [-0.25, -0.2) is 4.57 Å². The fraction of sp³-hybridized carbons (Fsp3) is 0.357. The third-order valence-corrected chi connectivity index (χ3v) is 9.25. The van der Waals surface area contributed by atoms with Gasteiger partial charge in [0.05, 0.1) is 12.6 Å². The number of allylic oxidation sites excluding steroid dienone is 5. The number of benzene rings is 3. The molecule has 0 unspecified atom stereocenters. The van der Waals surface area contributed by atoms with Crippen molar-refractivity contribution in [1.82, 2.24) is 4.57 Å². The van der Waals surface area contributed by atoms with E-state index in [0.717, 1.165) is 5.57 Å². The molecular weight excluding hydrogens is 532 g/mol. The van der Waals surface area contributed by atoms with Gasteiger partial charge in [-0.05, 0) is 91.0 Å². The van der Waals surface area contributed by atoms with Crippen LogP contribution in [0.3, 0.4) is 0 Å². The molecule has 0 spiro atoms. The Kier molecular flexibility index (Phi) is 10.9. The summed E-state index contributed by atoms with van der Waals surface area (Å²) in [5, 5.41) is 0. The fourth-order valence-electron chi connectivity index (χ4n) is 7.17. The average molecular weight is 584 g/mol. The summed E-state index contributed by atoms with van der Waals surface area (Å²) >= 11 is 0. The topological polar surface area (TPSA) is 8.81 Å². The minimum Gasteiger partial charge on any atom is -0.232 e. The molecule has 2 heteroatoms. The van der Waals surface area contributed by atoms with Crippen molar-refractivity contribution in [2.75, 3.05) is 0 Å². The van der Waals surface area contributed by atoms with Crippen LogP contribution < -0.4 is 4.57 Å². The van der Waals surface area contributed by atoms with Crippen LogP contribution in [0.2, 0.25) is 0 Å². The predicted molar refractivity (Wildman–Crippen MR) is 189 cm³/mol. The molecular formula is C42H51N2+. The summed E-state index contributed by atoms with van der Waals surface area (Å²) < 4.78 is 4.82. The van der Waals surface area contributed by atoms with Gasteiger partial charge in [-0.2, -0.15) is 4.57 Å². The number of hydrogen-bond acceptors (Lipinski definition) is 0. The van der Waals surface area contributed by atoms with E-state index in [1.165, 1.54) is 91.6 Å². The summed E-state index contributed by atoms with van der Waals surface area (Å²) in [6, 6.07) is 25.1. The number of aromatic nitrogens is 2. The van der Waals surface area contributed by atoms with Crippen molar-refractivity contribution in [2.24, 2.45) is 7.05 Å². The fourth-order valence-corrected chi connectivity index (χ4v) is 7.17.